The molecule has 1 aliphatic rings. The largest absolute Gasteiger partial charge is 0.497 e. The second-order valence-electron chi connectivity index (χ2n) is 7.41. The van der Waals surface area contributed by atoms with Crippen molar-refractivity contribution >= 4 is 29.0 Å². The maximum atomic E-state index is 13.0. The molecule has 0 heterocycles. The molecule has 0 spiro atoms. The molecule has 0 saturated carbocycles. The van der Waals surface area contributed by atoms with Gasteiger partial charge in [-0.15, -0.1) is 0 Å². The number of methoxy groups -OCH3 is 2. The first-order chi connectivity index (χ1) is 16.8. The molecule has 0 aliphatic heterocycles. The Kier molecular flexibility index (Phi) is 6.11. The number of hydrogen-bond acceptors (Lipinski definition) is 9. The molecule has 10 heteroatoms. The Balaban J connectivity index is 1.65. The highest BCUT2D eigenvalue weighted by molar-refractivity contribution is 6.30. The molecule has 0 aromatic heterocycles. The molecule has 0 saturated heterocycles. The van der Waals surface area contributed by atoms with Gasteiger partial charge in [-0.05, 0) is 24.3 Å². The minimum absolute atomic E-state index is 0.000367. The third-order valence-corrected chi connectivity index (χ3v) is 5.51. The molecule has 10 nitrogen and oxygen atoms in total. The Bertz CT molecular complexity index is 1420. The van der Waals surface area contributed by atoms with Gasteiger partial charge >= 0.3 is 5.97 Å². The number of nitrogens with zero attached hydrogens (tertiary/aromatic N) is 1. The summed E-state index contributed by atoms with van der Waals surface area (Å²) in [6, 6.07) is 12.6. The minimum atomic E-state index is -1.19. The van der Waals surface area contributed by atoms with E-state index < -0.39 is 51.7 Å². The van der Waals surface area contributed by atoms with Crippen LogP contribution in [0.4, 0.5) is 5.69 Å². The topological polar surface area (TPSA) is 139 Å². The van der Waals surface area contributed by atoms with Crippen LogP contribution in [0.3, 0.4) is 0 Å². The average molecular weight is 475 g/mol. The fraction of sp³-hybridized carbons (Fsp3) is 0.120. The molecule has 0 fully saturated rings. The second kappa shape index (κ2) is 9.18. The lowest BCUT2D eigenvalue weighted by Crippen LogP contribution is -2.24. The quantitative estimate of drug-likeness (QED) is 0.170. The lowest BCUT2D eigenvalue weighted by atomic mass is 9.82. The van der Waals surface area contributed by atoms with Crippen LogP contribution in [0.5, 0.6) is 11.5 Å². The summed E-state index contributed by atoms with van der Waals surface area (Å²) < 4.78 is 15.3. The monoisotopic (exact) mass is 475 g/mol. The first kappa shape index (κ1) is 23.3. The second-order valence-corrected chi connectivity index (χ2v) is 7.41. The fourth-order valence-electron chi connectivity index (χ4n) is 3.84. The normalized spacial score (nSPS) is 11.8. The van der Waals surface area contributed by atoms with Crippen molar-refractivity contribution in [3.8, 4) is 11.5 Å². The Morgan fingerprint density at radius 3 is 2.14 bits per heavy atom. The minimum Gasteiger partial charge on any atom is -0.497 e. The van der Waals surface area contributed by atoms with Gasteiger partial charge in [-0.1, -0.05) is 24.3 Å². The van der Waals surface area contributed by atoms with Crippen molar-refractivity contribution < 1.29 is 38.3 Å². The van der Waals surface area contributed by atoms with Crippen LogP contribution in [0.2, 0.25) is 0 Å². The number of nitro groups is 1. The van der Waals surface area contributed by atoms with Crippen LogP contribution in [0.25, 0.3) is 0 Å². The van der Waals surface area contributed by atoms with E-state index in [0.29, 0.717) is 5.75 Å². The zero-order valence-corrected chi connectivity index (χ0v) is 18.5. The molecule has 3 aromatic carbocycles. The molecule has 0 unspecified atom stereocenters. The molecular formula is C25H17NO9. The van der Waals surface area contributed by atoms with Crippen molar-refractivity contribution in [2.45, 2.75) is 0 Å². The maximum Gasteiger partial charge on any atom is 0.345 e. The molecule has 0 radical (unpaired) electrons. The van der Waals surface area contributed by atoms with Crippen LogP contribution in [0.15, 0.2) is 54.6 Å². The summed E-state index contributed by atoms with van der Waals surface area (Å²) in [7, 11) is 2.80. The third kappa shape index (κ3) is 4.01. The Labute approximate surface area is 198 Å². The van der Waals surface area contributed by atoms with Gasteiger partial charge in [-0.2, -0.15) is 0 Å². The predicted molar refractivity (Wildman–Crippen MR) is 121 cm³/mol. The zero-order valence-electron chi connectivity index (χ0n) is 18.5. The maximum absolute atomic E-state index is 13.0. The van der Waals surface area contributed by atoms with Crippen molar-refractivity contribution in [3.63, 3.8) is 0 Å². The number of ketones is 3. The van der Waals surface area contributed by atoms with Gasteiger partial charge in [0, 0.05) is 22.8 Å². The number of fused-ring (bicyclic) bond motifs is 2. The highest BCUT2D eigenvalue weighted by Gasteiger charge is 2.39. The van der Waals surface area contributed by atoms with Crippen molar-refractivity contribution in [1.29, 1.82) is 0 Å². The van der Waals surface area contributed by atoms with Crippen LogP contribution < -0.4 is 9.47 Å². The van der Waals surface area contributed by atoms with Crippen LogP contribution in [0.1, 0.15) is 52.6 Å². The van der Waals surface area contributed by atoms with E-state index in [2.05, 4.69) is 0 Å². The smallest absolute Gasteiger partial charge is 0.345 e. The zero-order chi connectivity index (χ0) is 25.3. The summed E-state index contributed by atoms with van der Waals surface area (Å²) in [5, 5.41) is 11.9. The van der Waals surface area contributed by atoms with E-state index in [1.807, 2.05) is 0 Å². The molecule has 0 amide bonds. The third-order valence-electron chi connectivity index (χ3n) is 5.51. The summed E-state index contributed by atoms with van der Waals surface area (Å²) in [5.74, 6) is -2.51. The Morgan fingerprint density at radius 1 is 0.857 bits per heavy atom. The number of benzene rings is 3. The van der Waals surface area contributed by atoms with Crippen molar-refractivity contribution in [2.75, 3.05) is 20.8 Å². The molecule has 4 rings (SSSR count). The van der Waals surface area contributed by atoms with E-state index >= 15 is 0 Å². The van der Waals surface area contributed by atoms with Gasteiger partial charge in [0.15, 0.2) is 12.4 Å². The van der Waals surface area contributed by atoms with Crippen molar-refractivity contribution in [1.82, 2.24) is 0 Å². The number of esters is 1. The van der Waals surface area contributed by atoms with Crippen LogP contribution in [0, 0.1) is 10.1 Å². The molecular weight excluding hydrogens is 458 g/mol. The van der Waals surface area contributed by atoms with Crippen molar-refractivity contribution in [3.05, 3.63) is 98.1 Å². The highest BCUT2D eigenvalue weighted by Crippen LogP contribution is 2.36. The standard InChI is InChI=1S/C25H17NO9/c1-33-13-7-8-16(20(11-13)34-2)19(27)12-35-25(30)18-10-9-17-21(22(18)26(31)32)24(29)15-6-4-3-5-14(15)23(17)28/h3-11H,12H2,1-2H3. The molecule has 3 aromatic rings. The highest BCUT2D eigenvalue weighted by atomic mass is 16.6. The van der Waals surface area contributed by atoms with Gasteiger partial charge in [0.05, 0.1) is 24.7 Å². The van der Waals surface area contributed by atoms with E-state index in [1.54, 1.807) is 6.07 Å². The number of ether oxygens (including phenoxy) is 3. The first-order valence-corrected chi connectivity index (χ1v) is 10.2. The first-order valence-electron chi connectivity index (χ1n) is 10.2. The molecule has 0 atom stereocenters. The summed E-state index contributed by atoms with van der Waals surface area (Å²) in [4.78, 5) is 62.2. The Morgan fingerprint density at radius 2 is 1.51 bits per heavy atom. The number of carbonyl (C=O) groups is 4. The molecule has 1 aliphatic carbocycles. The summed E-state index contributed by atoms with van der Waals surface area (Å²) in [6.07, 6.45) is 0. The van der Waals surface area contributed by atoms with Gasteiger partial charge in [0.1, 0.15) is 22.6 Å². The van der Waals surface area contributed by atoms with E-state index in [-0.39, 0.29) is 28.0 Å². The summed E-state index contributed by atoms with van der Waals surface area (Å²) in [5.41, 5.74) is -1.85. The fourth-order valence-corrected chi connectivity index (χ4v) is 3.84. The van der Waals surface area contributed by atoms with Crippen LogP contribution in [-0.4, -0.2) is 49.1 Å². The predicted octanol–water partition coefficient (Wildman–Crippen LogP) is 3.43. The van der Waals surface area contributed by atoms with E-state index in [4.69, 9.17) is 14.2 Å². The van der Waals surface area contributed by atoms with Gasteiger partial charge in [0.2, 0.25) is 11.6 Å². The Hall–Kier alpha value is -4.86. The van der Waals surface area contributed by atoms with Gasteiger partial charge in [0.25, 0.3) is 5.69 Å². The lowest BCUT2D eigenvalue weighted by molar-refractivity contribution is -0.385. The van der Waals surface area contributed by atoms with Gasteiger partial charge in [-0.3, -0.25) is 24.5 Å². The van der Waals surface area contributed by atoms with Crippen LogP contribution >= 0.6 is 0 Å². The summed E-state index contributed by atoms with van der Waals surface area (Å²) in [6.45, 7) is -0.745. The van der Waals surface area contributed by atoms with Gasteiger partial charge in [-0.25, -0.2) is 4.79 Å². The van der Waals surface area contributed by atoms with E-state index in [0.717, 1.165) is 6.07 Å². The molecule has 0 N–H and O–H groups in total. The number of Topliss-reactive ketones (excluding diaryl/α,β-unsaturated/α-hetero) is 1. The summed E-state index contributed by atoms with van der Waals surface area (Å²) >= 11 is 0. The number of nitro benzene ring substituents is 1. The van der Waals surface area contributed by atoms with E-state index in [1.165, 1.54) is 56.7 Å². The van der Waals surface area contributed by atoms with Crippen LogP contribution in [-0.2, 0) is 4.74 Å². The lowest BCUT2D eigenvalue weighted by Gasteiger charge is -2.18. The van der Waals surface area contributed by atoms with Gasteiger partial charge < -0.3 is 14.2 Å². The average Bonchev–Trinajstić information content (AvgIpc) is 2.88. The number of carbonyl (C=O) groups excluding carboxylic acids is 4. The number of hydrogen-bond donors (Lipinski definition) is 0. The molecule has 176 valence electrons. The van der Waals surface area contributed by atoms with Crippen molar-refractivity contribution in [2.24, 2.45) is 0 Å². The molecule has 35 heavy (non-hydrogen) atoms. The number of rotatable bonds is 7. The SMILES string of the molecule is COc1ccc(C(=O)COC(=O)c2ccc3c(c2[N+](=O)[O-])C(=O)c2ccccc2C3=O)c(OC)c1. The molecule has 0 bridgehead atoms. The van der Waals surface area contributed by atoms with E-state index in [9.17, 15) is 29.3 Å².